The third kappa shape index (κ3) is 8.38. The molecule has 0 aromatic heterocycles. The van der Waals surface area contributed by atoms with Crippen molar-refractivity contribution in [2.24, 2.45) is 0 Å². The third-order valence-electron chi connectivity index (χ3n) is 3.66. The Bertz CT molecular complexity index is 966. The number of hydrogen-bond acceptors (Lipinski definition) is 2. The molecule has 0 aliphatic carbocycles. The van der Waals surface area contributed by atoms with Crippen LogP contribution in [0.3, 0.4) is 0 Å². The molecular weight excluding hydrogens is 517 g/mol. The molecule has 2 aromatic carbocycles. The lowest BCUT2D eigenvalue weighted by molar-refractivity contribution is -0.137. The smallest absolute Gasteiger partial charge is 0.339 e. The van der Waals surface area contributed by atoms with Gasteiger partial charge in [-0.2, -0.15) is 13.2 Å². The number of rotatable bonds is 5. The monoisotopic (exact) mass is 529 g/mol. The predicted molar refractivity (Wildman–Crippen MR) is 124 cm³/mol. The normalized spacial score (nSPS) is 13.0. The van der Waals surface area contributed by atoms with Crippen molar-refractivity contribution in [3.63, 3.8) is 0 Å². The Morgan fingerprint density at radius 3 is 2.26 bits per heavy atom. The van der Waals surface area contributed by atoms with E-state index in [0.717, 1.165) is 23.8 Å². The second-order valence-electron chi connectivity index (χ2n) is 6.02. The van der Waals surface area contributed by atoms with E-state index in [2.05, 4.69) is 16.0 Å². The molecule has 0 saturated heterocycles. The molecule has 1 atom stereocenters. The van der Waals surface area contributed by atoms with Crippen LogP contribution in [0.2, 0.25) is 5.02 Å². The van der Waals surface area contributed by atoms with Gasteiger partial charge in [0.2, 0.25) is 9.70 Å². The van der Waals surface area contributed by atoms with Crippen molar-refractivity contribution in [1.29, 1.82) is 0 Å². The summed E-state index contributed by atoms with van der Waals surface area (Å²) in [6, 6.07) is 11.7. The highest BCUT2D eigenvalue weighted by Crippen LogP contribution is 2.34. The molecule has 0 heterocycles. The second kappa shape index (κ2) is 10.7. The Labute approximate surface area is 201 Å². The molecule has 166 valence electrons. The summed E-state index contributed by atoms with van der Waals surface area (Å²) in [4.78, 5) is 12.2. The van der Waals surface area contributed by atoms with Crippen molar-refractivity contribution in [2.75, 3.05) is 5.32 Å². The zero-order valence-electron chi connectivity index (χ0n) is 15.3. The van der Waals surface area contributed by atoms with Gasteiger partial charge in [-0.25, -0.2) is 0 Å². The molecular formula is C19H14Cl4F3N3OS. The highest BCUT2D eigenvalue weighted by molar-refractivity contribution is 7.80. The average Bonchev–Trinajstić information content (AvgIpc) is 2.67. The number of carbonyl (C=O) groups is 1. The van der Waals surface area contributed by atoms with Crippen molar-refractivity contribution in [3.05, 3.63) is 70.8 Å². The van der Waals surface area contributed by atoms with Crippen molar-refractivity contribution in [1.82, 2.24) is 10.6 Å². The molecule has 0 spiro atoms. The number of carbonyl (C=O) groups excluding carboxylic acids is 1. The van der Waals surface area contributed by atoms with Gasteiger partial charge in [-0.3, -0.25) is 4.79 Å². The number of thiocarbonyl (C=S) groups is 1. The number of anilines is 1. The summed E-state index contributed by atoms with van der Waals surface area (Å²) in [5, 5.41) is 7.21. The summed E-state index contributed by atoms with van der Waals surface area (Å²) in [5.74, 6) is -0.604. The predicted octanol–water partition coefficient (Wildman–Crippen LogP) is 6.17. The van der Waals surface area contributed by atoms with Crippen LogP contribution in [0.1, 0.15) is 11.1 Å². The summed E-state index contributed by atoms with van der Waals surface area (Å²) in [7, 11) is 0. The minimum absolute atomic E-state index is 0.0163. The Morgan fingerprint density at radius 2 is 1.68 bits per heavy atom. The minimum Gasteiger partial charge on any atom is -0.339 e. The topological polar surface area (TPSA) is 53.2 Å². The summed E-state index contributed by atoms with van der Waals surface area (Å²) in [5.41, 5.74) is -0.278. The zero-order chi connectivity index (χ0) is 23.2. The van der Waals surface area contributed by atoms with Gasteiger partial charge in [0.25, 0.3) is 0 Å². The van der Waals surface area contributed by atoms with E-state index < -0.39 is 27.6 Å². The fraction of sp³-hybridized carbons (Fsp3) is 0.158. The highest BCUT2D eigenvalue weighted by atomic mass is 35.6. The van der Waals surface area contributed by atoms with Crippen LogP contribution in [0.15, 0.2) is 54.6 Å². The first-order chi connectivity index (χ1) is 14.4. The summed E-state index contributed by atoms with van der Waals surface area (Å²) in [6.07, 6.45) is -3.12. The molecule has 12 heteroatoms. The van der Waals surface area contributed by atoms with Gasteiger partial charge in [-0.1, -0.05) is 76.7 Å². The van der Waals surface area contributed by atoms with E-state index in [1.165, 1.54) is 6.08 Å². The molecule has 0 fully saturated rings. The molecule has 0 aliphatic heterocycles. The lowest BCUT2D eigenvalue weighted by atomic mass is 10.2. The Kier molecular flexibility index (Phi) is 8.85. The fourth-order valence-electron chi connectivity index (χ4n) is 2.21. The Balaban J connectivity index is 2.08. The molecule has 31 heavy (non-hydrogen) atoms. The molecule has 4 nitrogen and oxygen atoms in total. The summed E-state index contributed by atoms with van der Waals surface area (Å²) in [6.45, 7) is 0. The van der Waals surface area contributed by atoms with E-state index in [9.17, 15) is 18.0 Å². The van der Waals surface area contributed by atoms with Crippen molar-refractivity contribution in [3.8, 4) is 0 Å². The average molecular weight is 531 g/mol. The maximum absolute atomic E-state index is 12.9. The lowest BCUT2D eigenvalue weighted by Gasteiger charge is -2.27. The molecule has 3 N–H and O–H groups in total. The second-order valence-corrected chi connectivity index (χ2v) is 9.20. The number of hydrogen-bond donors (Lipinski definition) is 3. The molecule has 0 unspecified atom stereocenters. The van der Waals surface area contributed by atoms with Crippen LogP contribution < -0.4 is 16.0 Å². The van der Waals surface area contributed by atoms with Gasteiger partial charge in [-0.05, 0) is 42.1 Å². The fourth-order valence-corrected chi connectivity index (χ4v) is 2.93. The SMILES string of the molecule is O=C(/C=C/c1ccccc1)N[C@H](NC(=S)Nc1cc(C(F)(F)F)ccc1Cl)C(Cl)(Cl)Cl. The van der Waals surface area contributed by atoms with Crippen LogP contribution in [-0.4, -0.2) is 21.0 Å². The van der Waals surface area contributed by atoms with Crippen LogP contribution in [0.25, 0.3) is 6.08 Å². The number of benzene rings is 2. The van der Waals surface area contributed by atoms with Crippen LogP contribution in [0, 0.1) is 0 Å². The van der Waals surface area contributed by atoms with E-state index in [0.29, 0.717) is 0 Å². The molecule has 0 bridgehead atoms. The van der Waals surface area contributed by atoms with Crippen LogP contribution >= 0.6 is 58.6 Å². The van der Waals surface area contributed by atoms with Crippen molar-refractivity contribution >= 4 is 81.4 Å². The van der Waals surface area contributed by atoms with Crippen LogP contribution in [0.4, 0.5) is 18.9 Å². The van der Waals surface area contributed by atoms with Crippen molar-refractivity contribution < 1.29 is 18.0 Å². The molecule has 2 rings (SSSR count). The zero-order valence-corrected chi connectivity index (χ0v) is 19.2. The maximum atomic E-state index is 12.9. The number of amides is 1. The van der Waals surface area contributed by atoms with Gasteiger partial charge < -0.3 is 16.0 Å². The first-order valence-corrected chi connectivity index (χ1v) is 10.3. The summed E-state index contributed by atoms with van der Waals surface area (Å²) >= 11 is 28.7. The van der Waals surface area contributed by atoms with Gasteiger partial charge in [0, 0.05) is 6.08 Å². The summed E-state index contributed by atoms with van der Waals surface area (Å²) < 4.78 is 36.7. The molecule has 0 aliphatic rings. The lowest BCUT2D eigenvalue weighted by Crippen LogP contribution is -2.55. The van der Waals surface area contributed by atoms with Gasteiger partial charge >= 0.3 is 6.18 Å². The van der Waals surface area contributed by atoms with Crippen LogP contribution in [0.5, 0.6) is 0 Å². The Hall–Kier alpha value is -1.71. The van der Waals surface area contributed by atoms with Crippen molar-refractivity contribution in [2.45, 2.75) is 16.1 Å². The van der Waals surface area contributed by atoms with E-state index in [-0.39, 0.29) is 15.8 Å². The number of nitrogens with one attached hydrogen (secondary N) is 3. The molecule has 0 radical (unpaired) electrons. The van der Waals surface area contributed by atoms with Gasteiger partial charge in [-0.15, -0.1) is 0 Å². The maximum Gasteiger partial charge on any atom is 0.416 e. The largest absolute Gasteiger partial charge is 0.416 e. The van der Waals surface area contributed by atoms with Gasteiger partial charge in [0.15, 0.2) is 5.11 Å². The van der Waals surface area contributed by atoms with E-state index in [4.69, 9.17) is 58.6 Å². The first-order valence-electron chi connectivity index (χ1n) is 8.41. The van der Waals surface area contributed by atoms with E-state index >= 15 is 0 Å². The van der Waals surface area contributed by atoms with E-state index in [1.807, 2.05) is 6.07 Å². The number of halogens is 7. The third-order valence-corrected chi connectivity index (χ3v) is 4.86. The Morgan fingerprint density at radius 1 is 1.03 bits per heavy atom. The minimum atomic E-state index is -4.57. The standard InChI is InChI=1S/C19H14Cl4F3N3OS/c20-13-8-7-12(19(24,25)26)10-14(13)27-17(31)29-16(18(21,22)23)28-15(30)9-6-11-4-2-1-3-5-11/h1-10,16H,(H,28,30)(H2,27,29,31)/b9-6+/t16-/m1/s1. The van der Waals surface area contributed by atoms with E-state index in [1.54, 1.807) is 30.3 Å². The highest BCUT2D eigenvalue weighted by Gasteiger charge is 2.35. The van der Waals surface area contributed by atoms with Gasteiger partial charge in [0.05, 0.1) is 16.3 Å². The molecule has 1 amide bonds. The van der Waals surface area contributed by atoms with Crippen LogP contribution in [-0.2, 0) is 11.0 Å². The molecule has 2 aromatic rings. The van der Waals surface area contributed by atoms with Gasteiger partial charge in [0.1, 0.15) is 6.17 Å². The quantitative estimate of drug-likeness (QED) is 0.187. The number of alkyl halides is 6. The molecule has 0 saturated carbocycles. The first kappa shape index (κ1) is 25.5.